The summed E-state index contributed by atoms with van der Waals surface area (Å²) in [5.41, 5.74) is 0. The van der Waals surface area contributed by atoms with E-state index in [-0.39, 0.29) is 0 Å². The summed E-state index contributed by atoms with van der Waals surface area (Å²) in [5.74, 6) is 0.991. The van der Waals surface area contributed by atoms with Crippen LogP contribution in [0.25, 0.3) is 0 Å². The summed E-state index contributed by atoms with van der Waals surface area (Å²) >= 11 is 0. The van der Waals surface area contributed by atoms with Gasteiger partial charge in [-0.15, -0.1) is 0 Å². The first-order valence-corrected chi connectivity index (χ1v) is 5.53. The maximum atomic E-state index is 5.68. The van der Waals surface area contributed by atoms with Gasteiger partial charge >= 0.3 is 0 Å². The number of nitrogens with one attached hydrogen (secondary N) is 1. The Morgan fingerprint density at radius 2 is 2.00 bits per heavy atom. The first-order valence-electron chi connectivity index (χ1n) is 5.53. The molecule has 0 heterocycles. The van der Waals surface area contributed by atoms with E-state index in [1.54, 1.807) is 0 Å². The summed E-state index contributed by atoms with van der Waals surface area (Å²) in [6.07, 6.45) is 4.50. The van der Waals surface area contributed by atoms with Crippen LogP contribution >= 0.6 is 0 Å². The highest BCUT2D eigenvalue weighted by Crippen LogP contribution is 2.32. The van der Waals surface area contributed by atoms with E-state index >= 15 is 0 Å². The molecule has 2 heteroatoms. The summed E-state index contributed by atoms with van der Waals surface area (Å²) in [4.78, 5) is 0. The standard InChI is InChI=1S/C11H23NO/c1-9(2)12-8-10(3)13-7-6-11-4-5-11/h9-12H,4-8H2,1-3H3. The maximum absolute atomic E-state index is 5.68. The van der Waals surface area contributed by atoms with E-state index in [4.69, 9.17) is 4.74 Å². The van der Waals surface area contributed by atoms with Gasteiger partial charge in [0.05, 0.1) is 6.10 Å². The van der Waals surface area contributed by atoms with Gasteiger partial charge in [-0.25, -0.2) is 0 Å². The molecule has 2 nitrogen and oxygen atoms in total. The number of rotatable bonds is 7. The topological polar surface area (TPSA) is 21.3 Å². The fourth-order valence-electron chi connectivity index (χ4n) is 1.30. The van der Waals surface area contributed by atoms with Crippen molar-refractivity contribution in [2.75, 3.05) is 13.2 Å². The molecular weight excluding hydrogens is 162 g/mol. The monoisotopic (exact) mass is 185 g/mol. The fraction of sp³-hybridized carbons (Fsp3) is 1.00. The molecule has 1 rings (SSSR count). The van der Waals surface area contributed by atoms with E-state index in [9.17, 15) is 0 Å². The number of hydrogen-bond donors (Lipinski definition) is 1. The Labute approximate surface area is 82.0 Å². The maximum Gasteiger partial charge on any atom is 0.0671 e. The molecule has 1 N–H and O–H groups in total. The minimum atomic E-state index is 0.362. The van der Waals surface area contributed by atoms with Gasteiger partial charge in [0.1, 0.15) is 0 Å². The molecule has 0 bridgehead atoms. The van der Waals surface area contributed by atoms with Crippen LogP contribution in [0, 0.1) is 5.92 Å². The van der Waals surface area contributed by atoms with Gasteiger partial charge in [0.15, 0.2) is 0 Å². The molecule has 0 aromatic rings. The van der Waals surface area contributed by atoms with Crippen molar-refractivity contribution in [3.8, 4) is 0 Å². The van der Waals surface area contributed by atoms with Gasteiger partial charge in [0.2, 0.25) is 0 Å². The quantitative estimate of drug-likeness (QED) is 0.656. The molecule has 1 unspecified atom stereocenters. The predicted octanol–water partition coefficient (Wildman–Crippen LogP) is 2.19. The molecule has 0 amide bonds. The van der Waals surface area contributed by atoms with Crippen molar-refractivity contribution in [1.29, 1.82) is 0 Å². The summed E-state index contributed by atoms with van der Waals surface area (Å²) in [7, 11) is 0. The van der Waals surface area contributed by atoms with Gasteiger partial charge in [0, 0.05) is 19.2 Å². The van der Waals surface area contributed by atoms with Crippen molar-refractivity contribution in [1.82, 2.24) is 5.32 Å². The lowest BCUT2D eigenvalue weighted by molar-refractivity contribution is 0.0605. The molecule has 0 spiro atoms. The van der Waals surface area contributed by atoms with Crippen molar-refractivity contribution < 1.29 is 4.74 Å². The third kappa shape index (κ3) is 6.05. The zero-order valence-corrected chi connectivity index (χ0v) is 9.18. The van der Waals surface area contributed by atoms with Gasteiger partial charge < -0.3 is 10.1 Å². The van der Waals surface area contributed by atoms with Crippen molar-refractivity contribution in [2.24, 2.45) is 5.92 Å². The highest BCUT2D eigenvalue weighted by molar-refractivity contribution is 4.72. The largest absolute Gasteiger partial charge is 0.377 e. The molecule has 1 fully saturated rings. The van der Waals surface area contributed by atoms with Crippen LogP contribution in [0.2, 0.25) is 0 Å². The third-order valence-electron chi connectivity index (χ3n) is 2.44. The lowest BCUT2D eigenvalue weighted by Crippen LogP contribution is -2.32. The van der Waals surface area contributed by atoms with E-state index in [1.807, 2.05) is 0 Å². The SMILES string of the molecule is CC(C)NCC(C)OCCC1CC1. The van der Waals surface area contributed by atoms with Crippen LogP contribution < -0.4 is 5.32 Å². The molecule has 1 aliphatic rings. The fourth-order valence-corrected chi connectivity index (χ4v) is 1.30. The summed E-state index contributed by atoms with van der Waals surface area (Å²) in [6, 6.07) is 0.564. The van der Waals surface area contributed by atoms with Crippen molar-refractivity contribution in [3.05, 3.63) is 0 Å². The average molecular weight is 185 g/mol. The normalized spacial score (nSPS) is 19.4. The average Bonchev–Trinajstić information content (AvgIpc) is 2.84. The van der Waals surface area contributed by atoms with Crippen LogP contribution in [0.3, 0.4) is 0 Å². The van der Waals surface area contributed by atoms with Crippen molar-refractivity contribution in [2.45, 2.75) is 52.2 Å². The third-order valence-corrected chi connectivity index (χ3v) is 2.44. The lowest BCUT2D eigenvalue weighted by Gasteiger charge is -2.15. The molecule has 1 saturated carbocycles. The van der Waals surface area contributed by atoms with Gasteiger partial charge in [-0.1, -0.05) is 26.7 Å². The highest BCUT2D eigenvalue weighted by atomic mass is 16.5. The van der Waals surface area contributed by atoms with E-state index in [0.29, 0.717) is 12.1 Å². The Morgan fingerprint density at radius 1 is 1.31 bits per heavy atom. The zero-order valence-electron chi connectivity index (χ0n) is 9.18. The molecule has 0 aromatic carbocycles. The van der Waals surface area contributed by atoms with Crippen molar-refractivity contribution in [3.63, 3.8) is 0 Å². The molecule has 1 aliphatic carbocycles. The molecule has 13 heavy (non-hydrogen) atoms. The number of hydrogen-bond acceptors (Lipinski definition) is 2. The Balaban J connectivity index is 1.87. The molecule has 0 aliphatic heterocycles. The first-order chi connectivity index (χ1) is 6.18. The van der Waals surface area contributed by atoms with Crippen LogP contribution in [-0.2, 0) is 4.74 Å². The first kappa shape index (κ1) is 11.0. The second-order valence-corrected chi connectivity index (χ2v) is 4.48. The zero-order chi connectivity index (χ0) is 9.68. The second kappa shape index (κ2) is 5.61. The molecular formula is C11H23NO. The molecule has 0 saturated heterocycles. The van der Waals surface area contributed by atoms with E-state index in [2.05, 4.69) is 26.1 Å². The molecule has 78 valence electrons. The van der Waals surface area contributed by atoms with Gasteiger partial charge in [0.25, 0.3) is 0 Å². The van der Waals surface area contributed by atoms with E-state index < -0.39 is 0 Å². The Kier molecular flexibility index (Phi) is 4.74. The van der Waals surface area contributed by atoms with Crippen LogP contribution in [0.1, 0.15) is 40.0 Å². The van der Waals surface area contributed by atoms with Gasteiger partial charge in [-0.2, -0.15) is 0 Å². The highest BCUT2D eigenvalue weighted by Gasteiger charge is 2.20. The van der Waals surface area contributed by atoms with E-state index in [0.717, 1.165) is 19.1 Å². The van der Waals surface area contributed by atoms with Crippen LogP contribution in [-0.4, -0.2) is 25.3 Å². The Morgan fingerprint density at radius 3 is 2.54 bits per heavy atom. The minimum absolute atomic E-state index is 0.362. The molecule has 0 radical (unpaired) electrons. The van der Waals surface area contributed by atoms with Gasteiger partial charge in [-0.3, -0.25) is 0 Å². The summed E-state index contributed by atoms with van der Waals surface area (Å²) in [6.45, 7) is 8.39. The summed E-state index contributed by atoms with van der Waals surface area (Å²) < 4.78 is 5.68. The predicted molar refractivity (Wildman–Crippen MR) is 55.9 cm³/mol. The molecule has 0 aromatic heterocycles. The minimum Gasteiger partial charge on any atom is -0.377 e. The second-order valence-electron chi connectivity index (χ2n) is 4.48. The Bertz CT molecular complexity index is 132. The van der Waals surface area contributed by atoms with Gasteiger partial charge in [-0.05, 0) is 19.3 Å². The Hall–Kier alpha value is -0.0800. The summed E-state index contributed by atoms with van der Waals surface area (Å²) in [5, 5.41) is 3.37. The van der Waals surface area contributed by atoms with Crippen LogP contribution in [0.15, 0.2) is 0 Å². The van der Waals surface area contributed by atoms with Crippen LogP contribution in [0.5, 0.6) is 0 Å². The lowest BCUT2D eigenvalue weighted by atomic mass is 10.3. The molecule has 1 atom stereocenters. The van der Waals surface area contributed by atoms with Crippen molar-refractivity contribution >= 4 is 0 Å². The van der Waals surface area contributed by atoms with Crippen LogP contribution in [0.4, 0.5) is 0 Å². The smallest absolute Gasteiger partial charge is 0.0671 e. The number of ether oxygens (including phenoxy) is 1. The van der Waals surface area contributed by atoms with E-state index in [1.165, 1.54) is 19.3 Å².